The molecule has 124 valence electrons. The van der Waals surface area contributed by atoms with E-state index in [1.807, 2.05) is 24.3 Å². The Hall–Kier alpha value is -2.39. The number of ether oxygens (including phenoxy) is 1. The molecule has 0 bridgehead atoms. The average Bonchev–Trinajstić information content (AvgIpc) is 2.63. The van der Waals surface area contributed by atoms with Gasteiger partial charge in [0.25, 0.3) is 0 Å². The minimum absolute atomic E-state index is 0.0963. The molecule has 0 amide bonds. The minimum Gasteiger partial charge on any atom is -0.497 e. The number of nitrogens with one attached hydrogen (secondary N) is 1. The maximum atomic E-state index is 11.5. The highest BCUT2D eigenvalue weighted by Crippen LogP contribution is 2.32. The Kier molecular flexibility index (Phi) is 5.11. The lowest BCUT2D eigenvalue weighted by Gasteiger charge is -2.21. The third kappa shape index (κ3) is 3.57. The molecule has 1 N–H and O–H groups in total. The van der Waals surface area contributed by atoms with E-state index in [-0.39, 0.29) is 5.78 Å². The van der Waals surface area contributed by atoms with Gasteiger partial charge in [-0.25, -0.2) is 0 Å². The van der Waals surface area contributed by atoms with Crippen LogP contribution in [0.2, 0.25) is 0 Å². The lowest BCUT2D eigenvalue weighted by molar-refractivity contribution is 0.101. The Morgan fingerprint density at radius 2 is 1.62 bits per heavy atom. The highest BCUT2D eigenvalue weighted by atomic mass is 16.5. The Bertz CT molecular complexity index is 752. The topological polar surface area (TPSA) is 38.3 Å². The third-order valence-electron chi connectivity index (χ3n) is 4.50. The number of rotatable bonds is 4. The molecule has 1 aliphatic rings. The Morgan fingerprint density at radius 1 is 0.958 bits per heavy atom. The molecular weight excluding hydrogens is 298 g/mol. The summed E-state index contributed by atoms with van der Waals surface area (Å²) in [5, 5.41) is 3.42. The Labute approximate surface area is 143 Å². The number of hydrogen-bond donors (Lipinski definition) is 1. The van der Waals surface area contributed by atoms with Crippen LogP contribution in [-0.4, -0.2) is 26.0 Å². The summed E-state index contributed by atoms with van der Waals surface area (Å²) in [4.78, 5) is 11.5. The van der Waals surface area contributed by atoms with Crippen LogP contribution in [0.3, 0.4) is 0 Å². The summed E-state index contributed by atoms with van der Waals surface area (Å²) in [7, 11) is 1.69. The van der Waals surface area contributed by atoms with Gasteiger partial charge in [-0.15, -0.1) is 0 Å². The summed E-state index contributed by atoms with van der Waals surface area (Å²) in [5.74, 6) is 0.957. The van der Waals surface area contributed by atoms with Crippen LogP contribution < -0.4 is 10.1 Å². The summed E-state index contributed by atoms with van der Waals surface area (Å²) in [6.45, 7) is 3.62. The van der Waals surface area contributed by atoms with Crippen LogP contribution in [0.15, 0.2) is 54.1 Å². The van der Waals surface area contributed by atoms with Gasteiger partial charge in [0.15, 0.2) is 5.78 Å². The van der Waals surface area contributed by atoms with Crippen LogP contribution in [-0.2, 0) is 0 Å². The van der Waals surface area contributed by atoms with Gasteiger partial charge < -0.3 is 10.1 Å². The monoisotopic (exact) mass is 321 g/mol. The summed E-state index contributed by atoms with van der Waals surface area (Å²) in [6.07, 6.45) is 2.09. The van der Waals surface area contributed by atoms with E-state index >= 15 is 0 Å². The normalized spacial score (nSPS) is 14.3. The highest BCUT2D eigenvalue weighted by Gasteiger charge is 2.15. The first-order valence-electron chi connectivity index (χ1n) is 8.37. The fourth-order valence-corrected chi connectivity index (χ4v) is 3.20. The predicted molar refractivity (Wildman–Crippen MR) is 97.6 cm³/mol. The number of benzene rings is 2. The van der Waals surface area contributed by atoms with E-state index in [2.05, 4.69) is 29.6 Å². The molecule has 3 heteroatoms. The average molecular weight is 321 g/mol. The van der Waals surface area contributed by atoms with Gasteiger partial charge in [-0.3, -0.25) is 4.79 Å². The molecule has 1 fully saturated rings. The van der Waals surface area contributed by atoms with Crippen LogP contribution in [0.5, 0.6) is 5.75 Å². The number of Topliss-reactive ketones (excluding diaryl/α,β-unsaturated/α-hetero) is 1. The van der Waals surface area contributed by atoms with Crippen LogP contribution in [0.1, 0.15) is 41.3 Å². The number of ketones is 1. The van der Waals surface area contributed by atoms with Crippen molar-refractivity contribution in [2.45, 2.75) is 19.8 Å². The third-order valence-corrected chi connectivity index (χ3v) is 4.50. The van der Waals surface area contributed by atoms with E-state index in [4.69, 9.17) is 4.74 Å². The molecule has 0 aromatic heterocycles. The van der Waals surface area contributed by atoms with Crippen LogP contribution in [0.4, 0.5) is 0 Å². The van der Waals surface area contributed by atoms with Gasteiger partial charge in [0.2, 0.25) is 0 Å². The zero-order valence-electron chi connectivity index (χ0n) is 14.3. The van der Waals surface area contributed by atoms with Gasteiger partial charge in [0, 0.05) is 5.56 Å². The number of carbonyl (C=O) groups excluding carboxylic acids is 1. The minimum atomic E-state index is 0.0963. The maximum Gasteiger partial charge on any atom is 0.159 e. The van der Waals surface area contributed by atoms with E-state index in [9.17, 15) is 4.79 Å². The molecule has 1 saturated heterocycles. The Balaban J connectivity index is 2.09. The van der Waals surface area contributed by atoms with Gasteiger partial charge >= 0.3 is 0 Å². The van der Waals surface area contributed by atoms with Crippen molar-refractivity contribution in [1.29, 1.82) is 0 Å². The fraction of sp³-hybridized carbons (Fsp3) is 0.286. The van der Waals surface area contributed by atoms with Crippen molar-refractivity contribution in [2.24, 2.45) is 0 Å². The molecule has 0 radical (unpaired) electrons. The second-order valence-corrected chi connectivity index (χ2v) is 6.09. The summed E-state index contributed by atoms with van der Waals surface area (Å²) in [5.41, 5.74) is 5.80. The van der Waals surface area contributed by atoms with E-state index in [1.165, 1.54) is 16.7 Å². The molecular formula is C21H23NO2. The molecule has 0 saturated carbocycles. The van der Waals surface area contributed by atoms with Gasteiger partial charge in [-0.05, 0) is 61.7 Å². The molecule has 3 nitrogen and oxygen atoms in total. The molecule has 0 atom stereocenters. The van der Waals surface area contributed by atoms with Crippen molar-refractivity contribution in [3.8, 4) is 5.75 Å². The van der Waals surface area contributed by atoms with Gasteiger partial charge in [0.05, 0.1) is 7.11 Å². The van der Waals surface area contributed by atoms with E-state index in [0.29, 0.717) is 0 Å². The molecule has 2 aromatic rings. The van der Waals surface area contributed by atoms with E-state index < -0.39 is 0 Å². The second kappa shape index (κ2) is 7.45. The number of methoxy groups -OCH3 is 1. The van der Waals surface area contributed by atoms with Crippen LogP contribution >= 0.6 is 0 Å². The number of carbonyl (C=O) groups is 1. The number of hydrogen-bond acceptors (Lipinski definition) is 3. The summed E-state index contributed by atoms with van der Waals surface area (Å²) < 4.78 is 5.40. The first kappa shape index (κ1) is 16.5. The van der Waals surface area contributed by atoms with Crippen molar-refractivity contribution in [3.63, 3.8) is 0 Å². The maximum absolute atomic E-state index is 11.5. The van der Waals surface area contributed by atoms with Crippen molar-refractivity contribution in [3.05, 3.63) is 70.8 Å². The molecule has 0 aliphatic carbocycles. The zero-order chi connectivity index (χ0) is 16.9. The van der Waals surface area contributed by atoms with E-state index in [1.54, 1.807) is 14.0 Å². The van der Waals surface area contributed by atoms with Crippen molar-refractivity contribution in [2.75, 3.05) is 20.2 Å². The first-order chi connectivity index (χ1) is 11.7. The molecule has 24 heavy (non-hydrogen) atoms. The van der Waals surface area contributed by atoms with Gasteiger partial charge in [-0.1, -0.05) is 42.0 Å². The smallest absolute Gasteiger partial charge is 0.159 e. The lowest BCUT2D eigenvalue weighted by Crippen LogP contribution is -2.23. The standard InChI is InChI=1S/C21H23NO2/c1-15(23)16-6-8-17(9-7-16)21(18-10-12-22-13-11-18)19-4-3-5-20(14-19)24-2/h3-9,14,22H,10-13H2,1-2H3. The SMILES string of the molecule is COc1cccc(C(=C2CCNCC2)c2ccc(C(C)=O)cc2)c1. The quantitative estimate of drug-likeness (QED) is 0.862. The molecule has 1 aliphatic heterocycles. The van der Waals surface area contributed by atoms with Crippen LogP contribution in [0, 0.1) is 0 Å². The van der Waals surface area contributed by atoms with Crippen molar-refractivity contribution >= 4 is 11.4 Å². The molecule has 1 heterocycles. The Morgan fingerprint density at radius 3 is 2.25 bits per heavy atom. The van der Waals surface area contributed by atoms with Crippen LogP contribution in [0.25, 0.3) is 5.57 Å². The summed E-state index contributed by atoms with van der Waals surface area (Å²) in [6, 6.07) is 16.2. The molecule has 2 aromatic carbocycles. The number of piperidine rings is 1. The second-order valence-electron chi connectivity index (χ2n) is 6.09. The fourth-order valence-electron chi connectivity index (χ4n) is 3.20. The zero-order valence-corrected chi connectivity index (χ0v) is 14.3. The molecule has 0 spiro atoms. The molecule has 3 rings (SSSR count). The molecule has 0 unspecified atom stereocenters. The highest BCUT2D eigenvalue weighted by molar-refractivity contribution is 5.94. The van der Waals surface area contributed by atoms with Gasteiger partial charge in [0.1, 0.15) is 5.75 Å². The first-order valence-corrected chi connectivity index (χ1v) is 8.37. The lowest BCUT2D eigenvalue weighted by atomic mass is 9.88. The van der Waals surface area contributed by atoms with Crippen molar-refractivity contribution in [1.82, 2.24) is 5.32 Å². The predicted octanol–water partition coefficient (Wildman–Crippen LogP) is 4.08. The van der Waals surface area contributed by atoms with Crippen molar-refractivity contribution < 1.29 is 9.53 Å². The largest absolute Gasteiger partial charge is 0.497 e. The summed E-state index contributed by atoms with van der Waals surface area (Å²) >= 11 is 0. The van der Waals surface area contributed by atoms with Gasteiger partial charge in [-0.2, -0.15) is 0 Å². The van der Waals surface area contributed by atoms with E-state index in [0.717, 1.165) is 42.8 Å².